The molecule has 0 bridgehead atoms. The van der Waals surface area contributed by atoms with Crippen LogP contribution in [0.2, 0.25) is 0 Å². The lowest BCUT2D eigenvalue weighted by molar-refractivity contribution is 0.101. The second kappa shape index (κ2) is 7.87. The van der Waals surface area contributed by atoms with Gasteiger partial charge >= 0.3 is 0 Å². The van der Waals surface area contributed by atoms with Gasteiger partial charge in [-0.1, -0.05) is 29.8 Å². The van der Waals surface area contributed by atoms with Crippen LogP contribution < -0.4 is 10.1 Å². The molecule has 3 aromatic carbocycles. The van der Waals surface area contributed by atoms with Crippen molar-refractivity contribution in [2.24, 2.45) is 0 Å². The number of methoxy groups -OCH3 is 1. The summed E-state index contributed by atoms with van der Waals surface area (Å²) >= 11 is 0. The van der Waals surface area contributed by atoms with E-state index in [9.17, 15) is 9.59 Å². The third kappa shape index (κ3) is 3.70. The van der Waals surface area contributed by atoms with E-state index in [0.29, 0.717) is 28.1 Å². The fraction of sp³-hybridized carbons (Fsp3) is 0.120. The van der Waals surface area contributed by atoms with Gasteiger partial charge in [0.2, 0.25) is 5.78 Å². The van der Waals surface area contributed by atoms with E-state index in [1.54, 1.807) is 55.6 Å². The SMILES string of the molecule is COc1cccc(C(=O)c2oc3ccc(NC(=O)c4ccc(C)cc4)cc3c2C)c1. The fourth-order valence-electron chi connectivity index (χ4n) is 3.32. The summed E-state index contributed by atoms with van der Waals surface area (Å²) in [6, 6.07) is 19.7. The summed E-state index contributed by atoms with van der Waals surface area (Å²) in [5, 5.41) is 3.68. The number of aryl methyl sites for hydroxylation is 2. The number of ether oxygens (including phenoxy) is 1. The zero-order chi connectivity index (χ0) is 21.3. The van der Waals surface area contributed by atoms with E-state index < -0.39 is 0 Å². The van der Waals surface area contributed by atoms with Gasteiger partial charge in [0.1, 0.15) is 11.3 Å². The van der Waals surface area contributed by atoms with Crippen LogP contribution in [0.25, 0.3) is 11.0 Å². The van der Waals surface area contributed by atoms with Gasteiger partial charge in [0.25, 0.3) is 5.91 Å². The largest absolute Gasteiger partial charge is 0.497 e. The summed E-state index contributed by atoms with van der Waals surface area (Å²) in [5.74, 6) is 0.479. The fourth-order valence-corrected chi connectivity index (χ4v) is 3.32. The average Bonchev–Trinajstić information content (AvgIpc) is 3.09. The summed E-state index contributed by atoms with van der Waals surface area (Å²) in [7, 11) is 1.56. The van der Waals surface area contributed by atoms with Crippen molar-refractivity contribution in [1.29, 1.82) is 0 Å². The molecule has 0 atom stereocenters. The topological polar surface area (TPSA) is 68.5 Å². The summed E-state index contributed by atoms with van der Waals surface area (Å²) in [4.78, 5) is 25.5. The lowest BCUT2D eigenvalue weighted by Gasteiger charge is -2.06. The highest BCUT2D eigenvalue weighted by molar-refractivity contribution is 6.11. The number of carbonyl (C=O) groups is 2. The minimum atomic E-state index is -0.215. The van der Waals surface area contributed by atoms with E-state index in [1.807, 2.05) is 32.0 Å². The Balaban J connectivity index is 1.64. The van der Waals surface area contributed by atoms with Crippen LogP contribution in [0.3, 0.4) is 0 Å². The Morgan fingerprint density at radius 3 is 2.40 bits per heavy atom. The third-order valence-corrected chi connectivity index (χ3v) is 5.05. The molecule has 0 aliphatic carbocycles. The molecule has 1 amide bonds. The first-order chi connectivity index (χ1) is 14.5. The average molecular weight is 399 g/mol. The Bertz CT molecular complexity index is 1250. The maximum atomic E-state index is 13.0. The van der Waals surface area contributed by atoms with Crippen LogP contribution in [-0.2, 0) is 0 Å². The molecule has 0 unspecified atom stereocenters. The first-order valence-electron chi connectivity index (χ1n) is 9.56. The van der Waals surface area contributed by atoms with Gasteiger partial charge in [-0.05, 0) is 56.3 Å². The standard InChI is InChI=1S/C25H21NO4/c1-15-7-9-17(10-8-15)25(28)26-19-11-12-22-21(14-19)16(2)24(30-22)23(27)18-5-4-6-20(13-18)29-3/h4-14H,1-3H3,(H,26,28). The Labute approximate surface area is 174 Å². The van der Waals surface area contributed by atoms with Crippen LogP contribution in [0.15, 0.2) is 71.1 Å². The number of anilines is 1. The van der Waals surface area contributed by atoms with Crippen molar-refractivity contribution in [3.8, 4) is 5.75 Å². The van der Waals surface area contributed by atoms with Crippen molar-refractivity contribution in [3.05, 3.63) is 94.7 Å². The summed E-state index contributed by atoms with van der Waals surface area (Å²) in [6.45, 7) is 3.81. The number of nitrogens with one attached hydrogen (secondary N) is 1. The number of ketones is 1. The van der Waals surface area contributed by atoms with Gasteiger partial charge in [0.15, 0.2) is 5.76 Å². The van der Waals surface area contributed by atoms with E-state index in [1.165, 1.54) is 0 Å². The van der Waals surface area contributed by atoms with Crippen molar-refractivity contribution < 1.29 is 18.7 Å². The molecule has 0 saturated heterocycles. The van der Waals surface area contributed by atoms with E-state index in [0.717, 1.165) is 16.5 Å². The first kappa shape index (κ1) is 19.5. The van der Waals surface area contributed by atoms with Gasteiger partial charge in [0.05, 0.1) is 7.11 Å². The molecule has 1 aromatic heterocycles. The van der Waals surface area contributed by atoms with Crippen molar-refractivity contribution in [1.82, 2.24) is 0 Å². The highest BCUT2D eigenvalue weighted by Gasteiger charge is 2.20. The van der Waals surface area contributed by atoms with Crippen molar-refractivity contribution in [3.63, 3.8) is 0 Å². The predicted octanol–water partition coefficient (Wildman–Crippen LogP) is 5.54. The molecule has 0 radical (unpaired) electrons. The predicted molar refractivity (Wildman–Crippen MR) is 117 cm³/mol. The van der Waals surface area contributed by atoms with Crippen molar-refractivity contribution in [2.45, 2.75) is 13.8 Å². The molecule has 1 N–H and O–H groups in total. The highest BCUT2D eigenvalue weighted by atomic mass is 16.5. The number of hydrogen-bond donors (Lipinski definition) is 1. The lowest BCUT2D eigenvalue weighted by atomic mass is 10.0. The van der Waals surface area contributed by atoms with Crippen LogP contribution in [0, 0.1) is 13.8 Å². The van der Waals surface area contributed by atoms with Crippen molar-refractivity contribution >= 4 is 28.3 Å². The van der Waals surface area contributed by atoms with Crippen LogP contribution in [-0.4, -0.2) is 18.8 Å². The molecule has 0 fully saturated rings. The Morgan fingerprint density at radius 1 is 0.900 bits per heavy atom. The van der Waals surface area contributed by atoms with E-state index in [-0.39, 0.29) is 17.5 Å². The molecule has 5 nitrogen and oxygen atoms in total. The normalized spacial score (nSPS) is 10.8. The van der Waals surface area contributed by atoms with Gasteiger partial charge < -0.3 is 14.5 Å². The minimum Gasteiger partial charge on any atom is -0.497 e. The summed E-state index contributed by atoms with van der Waals surface area (Å²) < 4.78 is 11.0. The Hall–Kier alpha value is -3.86. The van der Waals surface area contributed by atoms with Gasteiger partial charge in [-0.3, -0.25) is 9.59 Å². The molecule has 0 saturated carbocycles. The molecule has 4 aromatic rings. The zero-order valence-corrected chi connectivity index (χ0v) is 17.0. The Morgan fingerprint density at radius 2 is 1.67 bits per heavy atom. The molecular formula is C25H21NO4. The molecule has 0 spiro atoms. The monoisotopic (exact) mass is 399 g/mol. The second-order valence-electron chi connectivity index (χ2n) is 7.15. The number of amides is 1. The Kier molecular flexibility index (Phi) is 5.11. The molecule has 4 rings (SSSR count). The van der Waals surface area contributed by atoms with Crippen LogP contribution in [0.5, 0.6) is 5.75 Å². The second-order valence-corrected chi connectivity index (χ2v) is 7.15. The van der Waals surface area contributed by atoms with Crippen LogP contribution in [0.1, 0.15) is 37.6 Å². The molecule has 30 heavy (non-hydrogen) atoms. The molecule has 5 heteroatoms. The van der Waals surface area contributed by atoms with Crippen molar-refractivity contribution in [2.75, 3.05) is 12.4 Å². The maximum absolute atomic E-state index is 13.0. The summed E-state index contributed by atoms with van der Waals surface area (Å²) in [6.07, 6.45) is 0. The number of rotatable bonds is 5. The number of fused-ring (bicyclic) bond motifs is 1. The smallest absolute Gasteiger partial charge is 0.255 e. The minimum absolute atomic E-state index is 0.192. The zero-order valence-electron chi connectivity index (χ0n) is 17.0. The van der Waals surface area contributed by atoms with E-state index >= 15 is 0 Å². The highest BCUT2D eigenvalue weighted by Crippen LogP contribution is 2.30. The molecule has 1 heterocycles. The molecule has 0 aliphatic heterocycles. The van der Waals surface area contributed by atoms with Crippen LogP contribution in [0.4, 0.5) is 5.69 Å². The summed E-state index contributed by atoms with van der Waals surface area (Å²) in [5.41, 5.74) is 4.12. The van der Waals surface area contributed by atoms with Gasteiger partial charge in [-0.25, -0.2) is 0 Å². The van der Waals surface area contributed by atoms with Crippen LogP contribution >= 0.6 is 0 Å². The number of carbonyl (C=O) groups excluding carboxylic acids is 2. The van der Waals surface area contributed by atoms with E-state index in [4.69, 9.17) is 9.15 Å². The number of benzene rings is 3. The van der Waals surface area contributed by atoms with Gasteiger partial charge in [-0.2, -0.15) is 0 Å². The first-order valence-corrected chi connectivity index (χ1v) is 9.56. The van der Waals surface area contributed by atoms with E-state index in [2.05, 4.69) is 5.32 Å². The quantitative estimate of drug-likeness (QED) is 0.447. The molecule has 150 valence electrons. The number of hydrogen-bond acceptors (Lipinski definition) is 4. The maximum Gasteiger partial charge on any atom is 0.255 e. The lowest BCUT2D eigenvalue weighted by Crippen LogP contribution is -2.11. The molecular weight excluding hydrogens is 378 g/mol. The molecule has 0 aliphatic rings. The van der Waals surface area contributed by atoms with Gasteiger partial charge in [-0.15, -0.1) is 0 Å². The third-order valence-electron chi connectivity index (χ3n) is 5.05. The number of furan rings is 1. The van der Waals surface area contributed by atoms with Gasteiger partial charge in [0, 0.05) is 27.8 Å².